The summed E-state index contributed by atoms with van der Waals surface area (Å²) in [6.07, 6.45) is 1.03. The first-order chi connectivity index (χ1) is 10.6. The van der Waals surface area contributed by atoms with Gasteiger partial charge in [0, 0.05) is 24.8 Å². The number of nitrogens with zero attached hydrogens (tertiary/aromatic N) is 1. The molecule has 2 aliphatic rings. The predicted octanol–water partition coefficient (Wildman–Crippen LogP) is 2.17. The maximum Gasteiger partial charge on any atom is 0.243 e. The van der Waals surface area contributed by atoms with Gasteiger partial charge in [-0.1, -0.05) is 23.7 Å². The highest BCUT2D eigenvalue weighted by atomic mass is 35.5. The maximum absolute atomic E-state index is 12.8. The van der Waals surface area contributed by atoms with Crippen molar-refractivity contribution in [1.82, 2.24) is 4.90 Å². The molecule has 7 heteroatoms. The SMILES string of the molecule is Cl.NC1(C(=O)N2CCOC(c3ccc(Cl)cc3)C2)CCOCC1. The summed E-state index contributed by atoms with van der Waals surface area (Å²) >= 11 is 5.92. The van der Waals surface area contributed by atoms with Crippen LogP contribution in [-0.2, 0) is 14.3 Å². The minimum Gasteiger partial charge on any atom is -0.381 e. The molecule has 1 aromatic carbocycles. The van der Waals surface area contributed by atoms with Gasteiger partial charge >= 0.3 is 0 Å². The standard InChI is InChI=1S/C16H21ClN2O3.ClH/c17-13-3-1-12(2-4-13)14-11-19(7-10-22-14)15(20)16(18)5-8-21-9-6-16;/h1-4,14H,5-11,18H2;1H. The lowest BCUT2D eigenvalue weighted by Gasteiger charge is -2.40. The van der Waals surface area contributed by atoms with Crippen LogP contribution in [0, 0.1) is 0 Å². The van der Waals surface area contributed by atoms with Gasteiger partial charge < -0.3 is 20.1 Å². The molecule has 2 aliphatic heterocycles. The Kier molecular flexibility index (Phi) is 6.28. The van der Waals surface area contributed by atoms with Gasteiger partial charge in [-0.05, 0) is 30.5 Å². The maximum atomic E-state index is 12.8. The van der Waals surface area contributed by atoms with Crippen molar-refractivity contribution in [3.63, 3.8) is 0 Å². The third-order valence-corrected chi connectivity index (χ3v) is 4.66. The Bertz CT molecular complexity index is 533. The Morgan fingerprint density at radius 1 is 1.22 bits per heavy atom. The summed E-state index contributed by atoms with van der Waals surface area (Å²) in [5, 5.41) is 0.690. The second kappa shape index (κ2) is 7.81. The average molecular weight is 361 g/mol. The van der Waals surface area contributed by atoms with Crippen LogP contribution in [-0.4, -0.2) is 49.3 Å². The molecule has 2 N–H and O–H groups in total. The van der Waals surface area contributed by atoms with E-state index in [0.717, 1.165) is 5.56 Å². The molecule has 2 saturated heterocycles. The monoisotopic (exact) mass is 360 g/mol. The summed E-state index contributed by atoms with van der Waals surface area (Å²) in [6.45, 7) is 2.73. The van der Waals surface area contributed by atoms with Gasteiger partial charge in [0.1, 0.15) is 6.10 Å². The van der Waals surface area contributed by atoms with Crippen LogP contribution in [0.25, 0.3) is 0 Å². The number of benzene rings is 1. The van der Waals surface area contributed by atoms with Crippen molar-refractivity contribution >= 4 is 29.9 Å². The number of nitrogens with two attached hydrogens (primary N) is 1. The van der Waals surface area contributed by atoms with Gasteiger partial charge in [-0.3, -0.25) is 4.79 Å². The first kappa shape index (κ1) is 18.5. The molecule has 23 heavy (non-hydrogen) atoms. The van der Waals surface area contributed by atoms with E-state index in [2.05, 4.69) is 0 Å². The lowest BCUT2D eigenvalue weighted by molar-refractivity contribution is -0.148. The summed E-state index contributed by atoms with van der Waals surface area (Å²) in [7, 11) is 0. The first-order valence-electron chi connectivity index (χ1n) is 7.61. The van der Waals surface area contributed by atoms with Crippen LogP contribution in [0.1, 0.15) is 24.5 Å². The molecule has 0 radical (unpaired) electrons. The highest BCUT2D eigenvalue weighted by molar-refractivity contribution is 6.30. The van der Waals surface area contributed by atoms with E-state index in [1.54, 1.807) is 0 Å². The van der Waals surface area contributed by atoms with Crippen molar-refractivity contribution in [2.45, 2.75) is 24.5 Å². The number of hydrogen-bond acceptors (Lipinski definition) is 4. The summed E-state index contributed by atoms with van der Waals surface area (Å²) in [6, 6.07) is 7.55. The third kappa shape index (κ3) is 4.17. The number of carbonyl (C=O) groups excluding carboxylic acids is 1. The van der Waals surface area contributed by atoms with E-state index in [-0.39, 0.29) is 24.4 Å². The van der Waals surface area contributed by atoms with Crippen LogP contribution in [0.5, 0.6) is 0 Å². The molecule has 0 spiro atoms. The molecule has 2 fully saturated rings. The summed E-state index contributed by atoms with van der Waals surface area (Å²) in [4.78, 5) is 14.6. The topological polar surface area (TPSA) is 64.8 Å². The highest BCUT2D eigenvalue weighted by Crippen LogP contribution is 2.27. The molecule has 128 valence electrons. The predicted molar refractivity (Wildman–Crippen MR) is 90.9 cm³/mol. The first-order valence-corrected chi connectivity index (χ1v) is 7.99. The number of amides is 1. The van der Waals surface area contributed by atoms with Crippen LogP contribution in [0.15, 0.2) is 24.3 Å². The number of halogens is 2. The number of carbonyl (C=O) groups is 1. The molecule has 1 aromatic rings. The van der Waals surface area contributed by atoms with Crippen molar-refractivity contribution in [2.75, 3.05) is 32.9 Å². The zero-order chi connectivity index (χ0) is 15.6. The lowest BCUT2D eigenvalue weighted by Crippen LogP contribution is -2.60. The molecule has 0 aromatic heterocycles. The van der Waals surface area contributed by atoms with Gasteiger partial charge in [0.15, 0.2) is 0 Å². The second-order valence-corrected chi connectivity index (χ2v) is 6.37. The number of hydrogen-bond donors (Lipinski definition) is 1. The lowest BCUT2D eigenvalue weighted by atomic mass is 9.89. The molecule has 0 aliphatic carbocycles. The molecule has 1 amide bonds. The van der Waals surface area contributed by atoms with E-state index in [1.807, 2.05) is 29.2 Å². The third-order valence-electron chi connectivity index (χ3n) is 4.41. The fourth-order valence-electron chi connectivity index (χ4n) is 2.98. The largest absolute Gasteiger partial charge is 0.381 e. The Morgan fingerprint density at radius 3 is 2.52 bits per heavy atom. The molecule has 2 heterocycles. The Hall–Kier alpha value is -0.850. The van der Waals surface area contributed by atoms with E-state index in [1.165, 1.54) is 0 Å². The molecular formula is C16H22Cl2N2O3. The van der Waals surface area contributed by atoms with Crippen LogP contribution in [0.3, 0.4) is 0 Å². The fourth-order valence-corrected chi connectivity index (χ4v) is 3.10. The van der Waals surface area contributed by atoms with Crippen molar-refractivity contribution < 1.29 is 14.3 Å². The highest BCUT2D eigenvalue weighted by Gasteiger charge is 2.40. The van der Waals surface area contributed by atoms with Gasteiger partial charge in [0.2, 0.25) is 5.91 Å². The molecule has 3 rings (SSSR count). The molecule has 1 atom stereocenters. The van der Waals surface area contributed by atoms with E-state index >= 15 is 0 Å². The van der Waals surface area contributed by atoms with Crippen molar-refractivity contribution in [1.29, 1.82) is 0 Å². The van der Waals surface area contributed by atoms with Gasteiger partial charge in [0.25, 0.3) is 0 Å². The summed E-state index contributed by atoms with van der Waals surface area (Å²) in [5.41, 5.74) is 6.54. The van der Waals surface area contributed by atoms with Crippen molar-refractivity contribution in [3.8, 4) is 0 Å². The quantitative estimate of drug-likeness (QED) is 0.877. The van der Waals surface area contributed by atoms with Crippen LogP contribution in [0.2, 0.25) is 5.02 Å². The molecule has 5 nitrogen and oxygen atoms in total. The minimum atomic E-state index is -0.792. The van der Waals surface area contributed by atoms with E-state index in [0.29, 0.717) is 50.8 Å². The smallest absolute Gasteiger partial charge is 0.243 e. The summed E-state index contributed by atoms with van der Waals surface area (Å²) < 4.78 is 11.1. The fraction of sp³-hybridized carbons (Fsp3) is 0.562. The molecular weight excluding hydrogens is 339 g/mol. The molecule has 1 unspecified atom stereocenters. The molecule has 0 saturated carbocycles. The van der Waals surface area contributed by atoms with Gasteiger partial charge in [-0.2, -0.15) is 0 Å². The minimum absolute atomic E-state index is 0. The van der Waals surface area contributed by atoms with Crippen molar-refractivity contribution in [3.05, 3.63) is 34.9 Å². The number of morpholine rings is 1. The van der Waals surface area contributed by atoms with Gasteiger partial charge in [-0.15, -0.1) is 12.4 Å². The van der Waals surface area contributed by atoms with Crippen LogP contribution >= 0.6 is 24.0 Å². The Balaban J connectivity index is 0.00000192. The summed E-state index contributed by atoms with van der Waals surface area (Å²) in [5.74, 6) is 0.0121. The number of ether oxygens (including phenoxy) is 2. The Morgan fingerprint density at radius 2 is 1.87 bits per heavy atom. The average Bonchev–Trinajstić information content (AvgIpc) is 2.56. The van der Waals surface area contributed by atoms with Crippen molar-refractivity contribution in [2.24, 2.45) is 5.73 Å². The van der Waals surface area contributed by atoms with Gasteiger partial charge in [-0.25, -0.2) is 0 Å². The number of rotatable bonds is 2. The zero-order valence-corrected chi connectivity index (χ0v) is 14.4. The van der Waals surface area contributed by atoms with Crippen LogP contribution in [0.4, 0.5) is 0 Å². The van der Waals surface area contributed by atoms with E-state index in [4.69, 9.17) is 26.8 Å². The van der Waals surface area contributed by atoms with E-state index in [9.17, 15) is 4.79 Å². The van der Waals surface area contributed by atoms with Crippen LogP contribution < -0.4 is 5.73 Å². The van der Waals surface area contributed by atoms with Gasteiger partial charge in [0.05, 0.1) is 18.7 Å². The Labute approximate surface area is 147 Å². The van der Waals surface area contributed by atoms with E-state index < -0.39 is 5.54 Å². The molecule has 0 bridgehead atoms. The normalized spacial score (nSPS) is 23.9. The second-order valence-electron chi connectivity index (χ2n) is 5.93. The zero-order valence-electron chi connectivity index (χ0n) is 12.9.